The second-order valence-corrected chi connectivity index (χ2v) is 7.00. The summed E-state index contributed by atoms with van der Waals surface area (Å²) in [6.07, 6.45) is 0.884. The molecule has 8 heteroatoms. The minimum Gasteiger partial charge on any atom is -0.483 e. The molecule has 0 spiro atoms. The Morgan fingerprint density at radius 2 is 2.07 bits per heavy atom. The molecule has 1 aliphatic rings. The van der Waals surface area contributed by atoms with Crippen LogP contribution < -0.4 is 10.1 Å². The average Bonchev–Trinajstić information content (AvgIpc) is 3.06. The van der Waals surface area contributed by atoms with Gasteiger partial charge in [0.05, 0.1) is 12.2 Å². The molecule has 1 aromatic carbocycles. The maximum absolute atomic E-state index is 14.2. The number of nitrogens with zero attached hydrogens (tertiary/aromatic N) is 3. The molecule has 0 bridgehead atoms. The third kappa shape index (κ3) is 5.61. The highest BCUT2D eigenvalue weighted by Crippen LogP contribution is 2.31. The van der Waals surface area contributed by atoms with Gasteiger partial charge in [-0.05, 0) is 32.9 Å². The number of para-hydroxylation sites is 1. The van der Waals surface area contributed by atoms with Gasteiger partial charge in [-0.15, -0.1) is 0 Å². The molecule has 7 nitrogen and oxygen atoms in total. The first kappa shape index (κ1) is 20.1. The van der Waals surface area contributed by atoms with E-state index in [1.165, 1.54) is 23.2 Å². The van der Waals surface area contributed by atoms with Crippen LogP contribution in [0.15, 0.2) is 30.0 Å². The van der Waals surface area contributed by atoms with E-state index in [2.05, 4.69) is 5.32 Å². The molecule has 0 radical (unpaired) electrons. The normalized spacial score (nSPS) is 16.1. The van der Waals surface area contributed by atoms with E-state index in [1.54, 1.807) is 39.0 Å². The van der Waals surface area contributed by atoms with E-state index >= 15 is 0 Å². The largest absolute Gasteiger partial charge is 0.483 e. The van der Waals surface area contributed by atoms with Crippen molar-refractivity contribution < 1.29 is 18.7 Å². The molecule has 1 unspecified atom stereocenters. The van der Waals surface area contributed by atoms with Gasteiger partial charge in [0, 0.05) is 19.2 Å². The van der Waals surface area contributed by atoms with Crippen molar-refractivity contribution in [3.63, 3.8) is 0 Å². The Bertz CT molecular complexity index is 802. The number of nitriles is 2. The summed E-state index contributed by atoms with van der Waals surface area (Å²) in [6.45, 7) is 6.09. The maximum atomic E-state index is 14.2. The molecule has 0 aromatic heterocycles. The predicted octanol–water partition coefficient (Wildman–Crippen LogP) is 3.56. The van der Waals surface area contributed by atoms with Crippen LogP contribution in [0.25, 0.3) is 0 Å². The summed E-state index contributed by atoms with van der Waals surface area (Å²) >= 11 is 0. The lowest BCUT2D eigenvalue weighted by atomic mass is 10.2. The fraction of sp³-hybridized carbons (Fsp3) is 0.421. The molecule has 142 valence electrons. The number of carbonyl (C=O) groups excluding carboxylic acids is 1. The van der Waals surface area contributed by atoms with Crippen LogP contribution in [-0.2, 0) is 4.74 Å². The number of likely N-dealkylation sites (tertiary alicyclic amines) is 1. The van der Waals surface area contributed by atoms with E-state index in [0.29, 0.717) is 13.0 Å². The summed E-state index contributed by atoms with van der Waals surface area (Å²) in [5.41, 5.74) is -0.458. The van der Waals surface area contributed by atoms with Gasteiger partial charge in [-0.25, -0.2) is 9.18 Å². The Morgan fingerprint density at radius 3 is 2.70 bits per heavy atom. The van der Waals surface area contributed by atoms with Crippen molar-refractivity contribution >= 4 is 11.8 Å². The maximum Gasteiger partial charge on any atom is 0.410 e. The molecule has 1 N–H and O–H groups in total. The smallest absolute Gasteiger partial charge is 0.410 e. The Hall–Kier alpha value is -3.26. The van der Waals surface area contributed by atoms with Gasteiger partial charge in [-0.3, -0.25) is 0 Å². The van der Waals surface area contributed by atoms with E-state index < -0.39 is 23.6 Å². The molecular weight excluding hydrogens is 351 g/mol. The second-order valence-electron chi connectivity index (χ2n) is 7.00. The van der Waals surface area contributed by atoms with Crippen LogP contribution in [0, 0.1) is 28.5 Å². The lowest BCUT2D eigenvalue weighted by Crippen LogP contribution is -2.36. The summed E-state index contributed by atoms with van der Waals surface area (Å²) < 4.78 is 25.3. The van der Waals surface area contributed by atoms with Crippen LogP contribution >= 0.6 is 0 Å². The number of halogens is 1. The van der Waals surface area contributed by atoms with Crippen LogP contribution in [0.5, 0.6) is 5.75 Å². The summed E-state index contributed by atoms with van der Waals surface area (Å²) in [4.78, 5) is 13.7. The van der Waals surface area contributed by atoms with Gasteiger partial charge < -0.3 is 19.7 Å². The molecule has 2 rings (SSSR count). The van der Waals surface area contributed by atoms with Crippen molar-refractivity contribution in [2.24, 2.45) is 0 Å². The van der Waals surface area contributed by atoms with Gasteiger partial charge in [-0.2, -0.15) is 10.5 Å². The minimum absolute atomic E-state index is 0.0278. The summed E-state index contributed by atoms with van der Waals surface area (Å²) in [5.74, 6) is -0.611. The molecular formula is C19H21FN4O3. The Labute approximate surface area is 157 Å². The first-order valence-corrected chi connectivity index (χ1v) is 8.43. The van der Waals surface area contributed by atoms with Crippen LogP contribution in [0.4, 0.5) is 14.9 Å². The monoisotopic (exact) mass is 372 g/mol. The van der Waals surface area contributed by atoms with Crippen LogP contribution in [-0.4, -0.2) is 35.8 Å². The van der Waals surface area contributed by atoms with Gasteiger partial charge in [0.25, 0.3) is 0 Å². The highest BCUT2D eigenvalue weighted by molar-refractivity contribution is 5.68. The Kier molecular flexibility index (Phi) is 6.25. The van der Waals surface area contributed by atoms with Gasteiger partial charge >= 0.3 is 6.09 Å². The number of carbonyl (C=O) groups is 1. The topological polar surface area (TPSA) is 98.4 Å². The van der Waals surface area contributed by atoms with Crippen molar-refractivity contribution in [3.05, 3.63) is 35.8 Å². The van der Waals surface area contributed by atoms with Crippen molar-refractivity contribution in [3.8, 4) is 17.9 Å². The first-order chi connectivity index (χ1) is 12.7. The van der Waals surface area contributed by atoms with E-state index in [4.69, 9.17) is 20.0 Å². The third-order valence-electron chi connectivity index (χ3n) is 3.66. The van der Waals surface area contributed by atoms with Crippen molar-refractivity contribution in [1.82, 2.24) is 4.90 Å². The zero-order chi connectivity index (χ0) is 20.0. The van der Waals surface area contributed by atoms with E-state index in [0.717, 1.165) is 0 Å². The highest BCUT2D eigenvalue weighted by Gasteiger charge is 2.31. The number of amides is 1. The molecule has 1 atom stereocenters. The number of hydrogen-bond donors (Lipinski definition) is 1. The number of allylic oxidation sites excluding steroid dienone is 1. The van der Waals surface area contributed by atoms with Gasteiger partial charge in [0.2, 0.25) is 0 Å². The number of nitrogens with one attached hydrogen (secondary N) is 1. The van der Waals surface area contributed by atoms with Crippen LogP contribution in [0.2, 0.25) is 0 Å². The fourth-order valence-corrected chi connectivity index (χ4v) is 2.47. The second kappa shape index (κ2) is 8.41. The molecule has 1 amide bonds. The number of anilines is 1. The number of hydrogen-bond acceptors (Lipinski definition) is 6. The lowest BCUT2D eigenvalue weighted by molar-refractivity contribution is 0.0275. The lowest BCUT2D eigenvalue weighted by Gasteiger charge is -2.24. The number of ether oxygens (including phenoxy) is 2. The first-order valence-electron chi connectivity index (χ1n) is 8.43. The highest BCUT2D eigenvalue weighted by atomic mass is 19.1. The Balaban J connectivity index is 2.08. The van der Waals surface area contributed by atoms with Gasteiger partial charge in [0.1, 0.15) is 29.4 Å². The SMILES string of the molecule is CC(C)(C)OC(=O)N1CCC(Oc2c(F)cccc2NC=C(C#N)C#N)C1. The molecule has 1 aliphatic heterocycles. The molecule has 27 heavy (non-hydrogen) atoms. The van der Waals surface area contributed by atoms with E-state index in [9.17, 15) is 9.18 Å². The Morgan fingerprint density at radius 1 is 1.37 bits per heavy atom. The average molecular weight is 372 g/mol. The summed E-state index contributed by atoms with van der Waals surface area (Å²) in [6, 6.07) is 7.73. The molecule has 1 heterocycles. The number of rotatable bonds is 4. The quantitative estimate of drug-likeness (QED) is 0.812. The van der Waals surface area contributed by atoms with E-state index in [1.807, 2.05) is 0 Å². The standard InChI is InChI=1S/C19H21FN4O3/c1-19(2,3)27-18(25)24-8-7-14(12-24)26-17-15(20)5-4-6-16(17)23-11-13(9-21)10-22/h4-6,11,14,23H,7-8,12H2,1-3H3. The molecule has 1 aromatic rings. The summed E-state index contributed by atoms with van der Waals surface area (Å²) in [7, 11) is 0. The zero-order valence-corrected chi connectivity index (χ0v) is 15.5. The molecule has 0 saturated carbocycles. The molecule has 0 aliphatic carbocycles. The van der Waals surface area contributed by atoms with Crippen molar-refractivity contribution in [2.45, 2.75) is 38.9 Å². The minimum atomic E-state index is -0.593. The fourth-order valence-electron chi connectivity index (χ4n) is 2.47. The van der Waals surface area contributed by atoms with Crippen molar-refractivity contribution in [1.29, 1.82) is 10.5 Å². The van der Waals surface area contributed by atoms with Crippen LogP contribution in [0.1, 0.15) is 27.2 Å². The zero-order valence-electron chi connectivity index (χ0n) is 15.5. The van der Waals surface area contributed by atoms with Gasteiger partial charge in [0.15, 0.2) is 11.6 Å². The van der Waals surface area contributed by atoms with Crippen LogP contribution in [0.3, 0.4) is 0 Å². The van der Waals surface area contributed by atoms with Crippen molar-refractivity contribution in [2.75, 3.05) is 18.4 Å². The van der Waals surface area contributed by atoms with E-state index in [-0.39, 0.29) is 23.6 Å². The summed E-state index contributed by atoms with van der Waals surface area (Å²) in [5, 5.41) is 20.3. The third-order valence-corrected chi connectivity index (χ3v) is 3.66. The van der Waals surface area contributed by atoms with Gasteiger partial charge in [-0.1, -0.05) is 6.07 Å². The number of benzene rings is 1. The molecule has 1 fully saturated rings. The molecule has 1 saturated heterocycles. The predicted molar refractivity (Wildman–Crippen MR) is 96.2 cm³/mol.